The molecule has 2 heterocycles. The lowest BCUT2D eigenvalue weighted by Gasteiger charge is -2.17. The summed E-state index contributed by atoms with van der Waals surface area (Å²) in [7, 11) is 0. The molecule has 0 fully saturated rings. The van der Waals surface area contributed by atoms with E-state index in [0.29, 0.717) is 22.8 Å². The third kappa shape index (κ3) is 2.88. The Morgan fingerprint density at radius 3 is 2.46 bits per heavy atom. The first kappa shape index (κ1) is 16.1. The highest BCUT2D eigenvalue weighted by Gasteiger charge is 2.25. The number of furan rings is 1. The fourth-order valence-electron chi connectivity index (χ4n) is 3.12. The van der Waals surface area contributed by atoms with Gasteiger partial charge in [-0.1, -0.05) is 53.7 Å². The number of nitrogens with one attached hydrogen (secondary N) is 1. The Hall–Kier alpha value is -3.34. The summed E-state index contributed by atoms with van der Waals surface area (Å²) >= 11 is 0. The van der Waals surface area contributed by atoms with E-state index in [9.17, 15) is 4.79 Å². The van der Waals surface area contributed by atoms with Gasteiger partial charge < -0.3 is 14.3 Å². The summed E-state index contributed by atoms with van der Waals surface area (Å²) in [6.45, 7) is 3.48. The van der Waals surface area contributed by atoms with Crippen LogP contribution in [0.5, 0.6) is 0 Å². The molecule has 4 aromatic rings. The molecule has 5 nitrogen and oxygen atoms in total. The van der Waals surface area contributed by atoms with Crippen molar-refractivity contribution in [3.63, 3.8) is 0 Å². The van der Waals surface area contributed by atoms with Crippen molar-refractivity contribution in [3.8, 4) is 0 Å². The molecule has 2 aromatic heterocycles. The summed E-state index contributed by atoms with van der Waals surface area (Å²) in [5.41, 5.74) is 2.75. The van der Waals surface area contributed by atoms with Gasteiger partial charge >= 0.3 is 0 Å². The number of hydrogen-bond donors (Lipinski definition) is 1. The first-order chi connectivity index (χ1) is 12.6. The van der Waals surface area contributed by atoms with E-state index in [2.05, 4.69) is 10.5 Å². The predicted octanol–water partition coefficient (Wildman–Crippen LogP) is 4.56. The fraction of sp³-hybridized carbons (Fsp3) is 0.143. The van der Waals surface area contributed by atoms with E-state index in [1.807, 2.05) is 60.7 Å². The minimum absolute atomic E-state index is 0.240. The summed E-state index contributed by atoms with van der Waals surface area (Å²) in [5.74, 6) is 0.935. The second-order valence-corrected chi connectivity index (χ2v) is 6.20. The highest BCUT2D eigenvalue weighted by molar-refractivity contribution is 5.96. The molecule has 0 spiro atoms. The van der Waals surface area contributed by atoms with E-state index >= 15 is 0 Å². The summed E-state index contributed by atoms with van der Waals surface area (Å²) in [5, 5.41) is 7.92. The van der Waals surface area contributed by atoms with E-state index < -0.39 is 6.04 Å². The highest BCUT2D eigenvalue weighted by Crippen LogP contribution is 2.29. The van der Waals surface area contributed by atoms with E-state index in [4.69, 9.17) is 8.94 Å². The molecule has 4 rings (SSSR count). The first-order valence-electron chi connectivity index (χ1n) is 8.40. The van der Waals surface area contributed by atoms with Gasteiger partial charge in [0.25, 0.3) is 5.91 Å². The van der Waals surface area contributed by atoms with Crippen LogP contribution in [0, 0.1) is 13.8 Å². The number of carbonyl (C=O) groups excluding carboxylic acids is 1. The molecule has 1 N–H and O–H groups in total. The van der Waals surface area contributed by atoms with Crippen LogP contribution in [0.2, 0.25) is 0 Å². The molecule has 130 valence electrons. The molecule has 1 amide bonds. The second kappa shape index (κ2) is 6.52. The second-order valence-electron chi connectivity index (χ2n) is 6.20. The molecule has 0 bridgehead atoms. The molecule has 1 atom stereocenters. The van der Waals surface area contributed by atoms with Crippen molar-refractivity contribution in [2.75, 3.05) is 0 Å². The number of para-hydroxylation sites is 1. The number of aryl methyl sites for hydroxylation is 2. The highest BCUT2D eigenvalue weighted by atomic mass is 16.5. The topological polar surface area (TPSA) is 68.3 Å². The van der Waals surface area contributed by atoms with Crippen molar-refractivity contribution >= 4 is 16.9 Å². The molecule has 5 heteroatoms. The lowest BCUT2D eigenvalue weighted by molar-refractivity contribution is 0.0937. The Bertz CT molecular complexity index is 1010. The third-order valence-electron chi connectivity index (χ3n) is 4.40. The maximum Gasteiger partial charge on any atom is 0.257 e. The normalized spacial score (nSPS) is 12.2. The van der Waals surface area contributed by atoms with Gasteiger partial charge in [-0.15, -0.1) is 0 Å². The van der Waals surface area contributed by atoms with Crippen molar-refractivity contribution < 1.29 is 13.7 Å². The van der Waals surface area contributed by atoms with Crippen molar-refractivity contribution in [2.24, 2.45) is 0 Å². The molecular formula is C21H18N2O3. The molecule has 0 saturated carbocycles. The number of hydrogen-bond acceptors (Lipinski definition) is 4. The van der Waals surface area contributed by atoms with Gasteiger partial charge in [0.15, 0.2) is 0 Å². The molecule has 0 radical (unpaired) electrons. The number of carbonyl (C=O) groups is 1. The van der Waals surface area contributed by atoms with Crippen molar-refractivity contribution in [1.29, 1.82) is 0 Å². The van der Waals surface area contributed by atoms with Crippen LogP contribution in [0.25, 0.3) is 11.0 Å². The van der Waals surface area contributed by atoms with Crippen LogP contribution in [0.4, 0.5) is 0 Å². The van der Waals surface area contributed by atoms with Gasteiger partial charge in [0.05, 0.1) is 5.69 Å². The van der Waals surface area contributed by atoms with Crippen LogP contribution in [0.1, 0.15) is 39.2 Å². The number of fused-ring (bicyclic) bond motifs is 1. The van der Waals surface area contributed by atoms with E-state index in [1.165, 1.54) is 0 Å². The number of aromatic nitrogens is 1. The van der Waals surface area contributed by atoms with E-state index in [-0.39, 0.29) is 5.91 Å². The van der Waals surface area contributed by atoms with Crippen LogP contribution in [0.15, 0.2) is 69.6 Å². The molecule has 26 heavy (non-hydrogen) atoms. The summed E-state index contributed by atoms with van der Waals surface area (Å²) < 4.78 is 11.1. The number of rotatable bonds is 4. The zero-order valence-electron chi connectivity index (χ0n) is 14.5. The largest absolute Gasteiger partial charge is 0.459 e. The fourth-order valence-corrected chi connectivity index (χ4v) is 3.12. The maximum atomic E-state index is 12.9. The van der Waals surface area contributed by atoms with Gasteiger partial charge in [0, 0.05) is 5.39 Å². The van der Waals surface area contributed by atoms with Crippen LogP contribution in [-0.2, 0) is 0 Å². The molecule has 0 aliphatic heterocycles. The standard InChI is InChI=1S/C21H18N2O3/c1-13-19(14(2)26-23-13)21(24)22-20(15-8-4-3-5-9-15)18-12-16-10-6-7-11-17(16)25-18/h3-12,20H,1-2H3,(H,22,24)/t20-/m1/s1. The van der Waals surface area contributed by atoms with Crippen molar-refractivity contribution in [1.82, 2.24) is 10.5 Å². The van der Waals surface area contributed by atoms with E-state index in [0.717, 1.165) is 16.5 Å². The maximum absolute atomic E-state index is 12.9. The first-order valence-corrected chi connectivity index (χ1v) is 8.40. The zero-order chi connectivity index (χ0) is 18.1. The van der Waals surface area contributed by atoms with Crippen LogP contribution in [-0.4, -0.2) is 11.1 Å². The zero-order valence-corrected chi connectivity index (χ0v) is 14.5. The Labute approximate surface area is 150 Å². The van der Waals surface area contributed by atoms with Gasteiger partial charge in [0.1, 0.15) is 28.7 Å². The van der Waals surface area contributed by atoms with Gasteiger partial charge in [0.2, 0.25) is 0 Å². The average Bonchev–Trinajstić information content (AvgIpc) is 3.23. The Kier molecular flexibility index (Phi) is 4.05. The Morgan fingerprint density at radius 2 is 1.77 bits per heavy atom. The minimum atomic E-state index is -0.412. The van der Waals surface area contributed by atoms with Gasteiger partial charge in [-0.3, -0.25) is 4.79 Å². The smallest absolute Gasteiger partial charge is 0.257 e. The molecule has 0 aliphatic rings. The molecule has 0 aliphatic carbocycles. The molecule has 2 aromatic carbocycles. The third-order valence-corrected chi connectivity index (χ3v) is 4.40. The van der Waals surface area contributed by atoms with Gasteiger partial charge in [-0.25, -0.2) is 0 Å². The molecular weight excluding hydrogens is 328 g/mol. The van der Waals surface area contributed by atoms with E-state index in [1.54, 1.807) is 13.8 Å². The molecule has 0 unspecified atom stereocenters. The van der Waals surface area contributed by atoms with Gasteiger partial charge in [-0.05, 0) is 31.5 Å². The molecule has 0 saturated heterocycles. The quantitative estimate of drug-likeness (QED) is 0.588. The predicted molar refractivity (Wildman–Crippen MR) is 97.9 cm³/mol. The number of nitrogens with zero attached hydrogens (tertiary/aromatic N) is 1. The monoisotopic (exact) mass is 346 g/mol. The van der Waals surface area contributed by atoms with Crippen molar-refractivity contribution in [2.45, 2.75) is 19.9 Å². The Balaban J connectivity index is 1.75. The summed E-state index contributed by atoms with van der Waals surface area (Å²) in [4.78, 5) is 12.9. The number of benzene rings is 2. The summed E-state index contributed by atoms with van der Waals surface area (Å²) in [6.07, 6.45) is 0. The SMILES string of the molecule is Cc1noc(C)c1C(=O)N[C@H](c1ccccc1)c1cc2ccccc2o1. The lowest BCUT2D eigenvalue weighted by atomic mass is 10.0. The minimum Gasteiger partial charge on any atom is -0.459 e. The van der Waals surface area contributed by atoms with Crippen LogP contribution >= 0.6 is 0 Å². The lowest BCUT2D eigenvalue weighted by Crippen LogP contribution is -2.29. The van der Waals surface area contributed by atoms with Crippen LogP contribution < -0.4 is 5.32 Å². The summed E-state index contributed by atoms with van der Waals surface area (Å²) in [6, 6.07) is 19.1. The van der Waals surface area contributed by atoms with Gasteiger partial charge in [-0.2, -0.15) is 0 Å². The van der Waals surface area contributed by atoms with Crippen LogP contribution in [0.3, 0.4) is 0 Å². The Morgan fingerprint density at radius 1 is 1.04 bits per heavy atom. The number of amides is 1. The average molecular weight is 346 g/mol. The van der Waals surface area contributed by atoms with Crippen molar-refractivity contribution in [3.05, 3.63) is 89.0 Å².